The number of anilines is 1. The van der Waals surface area contributed by atoms with Gasteiger partial charge >= 0.3 is 0 Å². The van der Waals surface area contributed by atoms with Crippen LogP contribution in [0.3, 0.4) is 0 Å². The number of thiophene rings is 1. The molecule has 0 bridgehead atoms. The third-order valence-electron chi connectivity index (χ3n) is 5.75. The number of carbonyl (C=O) groups is 1. The summed E-state index contributed by atoms with van der Waals surface area (Å²) in [5.74, 6) is -0.177. The molecule has 1 aliphatic rings. The van der Waals surface area contributed by atoms with E-state index in [1.807, 2.05) is 43.5 Å². The molecular formula is C22H29ClN4O3S4. The van der Waals surface area contributed by atoms with Crippen molar-refractivity contribution in [1.29, 1.82) is 0 Å². The number of sulfonamides is 1. The van der Waals surface area contributed by atoms with Crippen molar-refractivity contribution in [3.8, 4) is 0 Å². The SMILES string of the molecule is CSc1cccc2sc(N(CCN(C)C)C(=O)C3CCN(S(=O)(=O)c4cccs4)CC3)nc12.Cl. The quantitative estimate of drug-likeness (QED) is 0.378. The Labute approximate surface area is 219 Å². The van der Waals surface area contributed by atoms with Crippen LogP contribution in [0.4, 0.5) is 5.13 Å². The lowest BCUT2D eigenvalue weighted by Crippen LogP contribution is -2.45. The van der Waals surface area contributed by atoms with E-state index in [2.05, 4.69) is 4.90 Å². The molecule has 0 saturated carbocycles. The lowest BCUT2D eigenvalue weighted by atomic mass is 9.96. The molecule has 0 radical (unpaired) electrons. The Morgan fingerprint density at radius 2 is 1.91 bits per heavy atom. The highest BCUT2D eigenvalue weighted by atomic mass is 35.5. The zero-order valence-corrected chi connectivity index (χ0v) is 23.4. The van der Waals surface area contributed by atoms with Crippen molar-refractivity contribution in [2.45, 2.75) is 21.9 Å². The van der Waals surface area contributed by atoms with E-state index in [1.165, 1.54) is 27.0 Å². The fourth-order valence-corrected chi connectivity index (χ4v) is 8.16. The molecular weight excluding hydrogens is 532 g/mol. The first-order valence-corrected chi connectivity index (χ1v) is 15.1. The van der Waals surface area contributed by atoms with Crippen molar-refractivity contribution in [3.05, 3.63) is 35.7 Å². The molecule has 0 spiro atoms. The van der Waals surface area contributed by atoms with E-state index in [-0.39, 0.29) is 24.2 Å². The number of amides is 1. The van der Waals surface area contributed by atoms with Crippen LogP contribution in [0.1, 0.15) is 12.8 Å². The Morgan fingerprint density at radius 3 is 2.53 bits per heavy atom. The number of benzene rings is 1. The number of likely N-dealkylation sites (N-methyl/N-ethyl adjacent to an activating group) is 1. The number of fused-ring (bicyclic) bond motifs is 1. The molecule has 12 heteroatoms. The first-order valence-electron chi connectivity index (χ1n) is 10.7. The smallest absolute Gasteiger partial charge is 0.252 e. The third-order valence-corrected chi connectivity index (χ3v) is 10.8. The first kappa shape index (κ1) is 27.4. The van der Waals surface area contributed by atoms with Crippen LogP contribution in [-0.2, 0) is 14.8 Å². The largest absolute Gasteiger partial charge is 0.308 e. The van der Waals surface area contributed by atoms with Crippen LogP contribution in [0, 0.1) is 5.92 Å². The van der Waals surface area contributed by atoms with Crippen LogP contribution in [0.5, 0.6) is 0 Å². The summed E-state index contributed by atoms with van der Waals surface area (Å²) in [5, 5.41) is 2.48. The van der Waals surface area contributed by atoms with Crippen LogP contribution < -0.4 is 4.90 Å². The molecule has 3 heterocycles. The van der Waals surface area contributed by atoms with Gasteiger partial charge in [-0.1, -0.05) is 23.5 Å². The number of aromatic nitrogens is 1. The van der Waals surface area contributed by atoms with Gasteiger partial charge in [0.05, 0.1) is 10.2 Å². The zero-order valence-electron chi connectivity index (χ0n) is 19.3. The maximum atomic E-state index is 13.6. The summed E-state index contributed by atoms with van der Waals surface area (Å²) in [4.78, 5) is 23.4. The van der Waals surface area contributed by atoms with E-state index in [0.717, 1.165) is 21.7 Å². The standard InChI is InChI=1S/C22H28N4O3S4.ClH/c1-24(2)13-14-26(22-23-20-17(30-3)6-4-7-18(20)32-22)21(27)16-9-11-25(12-10-16)33(28,29)19-8-5-15-31-19;/h4-8,15-16H,9-14H2,1-3H3;1H. The predicted molar refractivity (Wildman–Crippen MR) is 145 cm³/mol. The molecule has 0 N–H and O–H groups in total. The number of halogens is 1. The average molecular weight is 561 g/mol. The van der Waals surface area contributed by atoms with E-state index in [0.29, 0.717) is 41.8 Å². The van der Waals surface area contributed by atoms with Gasteiger partial charge in [-0.15, -0.1) is 35.5 Å². The number of hydrogen-bond acceptors (Lipinski definition) is 8. The van der Waals surface area contributed by atoms with Crippen LogP contribution >= 0.6 is 46.8 Å². The molecule has 1 fully saturated rings. The van der Waals surface area contributed by atoms with E-state index < -0.39 is 10.0 Å². The van der Waals surface area contributed by atoms with Crippen molar-refractivity contribution in [1.82, 2.24) is 14.2 Å². The second-order valence-corrected chi connectivity index (χ2v) is 13.2. The van der Waals surface area contributed by atoms with Gasteiger partial charge in [0.2, 0.25) is 5.91 Å². The van der Waals surface area contributed by atoms with Gasteiger partial charge < -0.3 is 4.90 Å². The molecule has 0 unspecified atom stereocenters. The molecule has 3 aromatic rings. The normalized spacial score (nSPS) is 15.5. The van der Waals surface area contributed by atoms with Gasteiger partial charge in [0.1, 0.15) is 4.21 Å². The van der Waals surface area contributed by atoms with Gasteiger partial charge in [-0.2, -0.15) is 4.31 Å². The number of piperidine rings is 1. The Kier molecular flexibility index (Phi) is 9.41. The fraction of sp³-hybridized carbons (Fsp3) is 0.455. The number of nitrogens with zero attached hydrogens (tertiary/aromatic N) is 4. The lowest BCUT2D eigenvalue weighted by molar-refractivity contribution is -0.123. The van der Waals surface area contributed by atoms with Gasteiger partial charge in [-0.25, -0.2) is 13.4 Å². The fourth-order valence-electron chi connectivity index (χ4n) is 3.89. The van der Waals surface area contributed by atoms with Crippen LogP contribution in [0.2, 0.25) is 0 Å². The maximum absolute atomic E-state index is 13.6. The van der Waals surface area contributed by atoms with Crippen LogP contribution in [0.15, 0.2) is 44.8 Å². The van der Waals surface area contributed by atoms with Crippen molar-refractivity contribution in [2.24, 2.45) is 5.92 Å². The number of thiazole rings is 1. The zero-order chi connectivity index (χ0) is 23.6. The molecule has 1 aliphatic heterocycles. The Morgan fingerprint density at radius 1 is 1.18 bits per heavy atom. The molecule has 1 saturated heterocycles. The minimum atomic E-state index is -3.48. The molecule has 4 rings (SSSR count). The summed E-state index contributed by atoms with van der Waals surface area (Å²) in [7, 11) is 0.495. The lowest BCUT2D eigenvalue weighted by Gasteiger charge is -2.33. The number of thioether (sulfide) groups is 1. The van der Waals surface area contributed by atoms with Crippen LogP contribution in [0.25, 0.3) is 10.2 Å². The highest BCUT2D eigenvalue weighted by Crippen LogP contribution is 2.35. The van der Waals surface area contributed by atoms with Crippen molar-refractivity contribution < 1.29 is 13.2 Å². The monoisotopic (exact) mass is 560 g/mol. The molecule has 34 heavy (non-hydrogen) atoms. The molecule has 1 amide bonds. The van der Waals surface area contributed by atoms with E-state index >= 15 is 0 Å². The van der Waals surface area contributed by atoms with Gasteiger partial charge in [-0.05, 0) is 56.8 Å². The molecule has 0 aliphatic carbocycles. The van der Waals surface area contributed by atoms with Crippen molar-refractivity contribution >= 4 is 78.1 Å². The molecule has 1 aromatic carbocycles. The summed E-state index contributed by atoms with van der Waals surface area (Å²) in [6.45, 7) is 1.99. The topological polar surface area (TPSA) is 73.8 Å². The highest BCUT2D eigenvalue weighted by Gasteiger charge is 2.35. The Balaban J connectivity index is 0.00000324. The van der Waals surface area contributed by atoms with Crippen LogP contribution in [-0.4, -0.2) is 75.0 Å². The molecule has 2 aromatic heterocycles. The third kappa shape index (κ3) is 5.77. The van der Waals surface area contributed by atoms with Crippen molar-refractivity contribution in [3.63, 3.8) is 0 Å². The molecule has 186 valence electrons. The first-order chi connectivity index (χ1) is 15.8. The highest BCUT2D eigenvalue weighted by molar-refractivity contribution is 7.98. The minimum Gasteiger partial charge on any atom is -0.308 e. The summed E-state index contributed by atoms with van der Waals surface area (Å²) in [6, 6.07) is 9.49. The summed E-state index contributed by atoms with van der Waals surface area (Å²) in [6.07, 6.45) is 3.06. The van der Waals surface area contributed by atoms with Gasteiger partial charge in [0.15, 0.2) is 5.13 Å². The number of hydrogen-bond donors (Lipinski definition) is 0. The second kappa shape index (κ2) is 11.7. The molecule has 7 nitrogen and oxygen atoms in total. The minimum absolute atomic E-state index is 0. The molecule has 0 atom stereocenters. The second-order valence-electron chi connectivity index (χ2n) is 8.21. The number of para-hydroxylation sites is 1. The summed E-state index contributed by atoms with van der Waals surface area (Å²) >= 11 is 4.42. The summed E-state index contributed by atoms with van der Waals surface area (Å²) in [5.41, 5.74) is 0.935. The Bertz CT molecular complexity index is 1210. The van der Waals surface area contributed by atoms with Gasteiger partial charge in [0.25, 0.3) is 10.0 Å². The van der Waals surface area contributed by atoms with Crippen molar-refractivity contribution in [2.75, 3.05) is 51.4 Å². The van der Waals surface area contributed by atoms with Gasteiger partial charge in [0, 0.05) is 37.0 Å². The maximum Gasteiger partial charge on any atom is 0.252 e. The predicted octanol–water partition coefficient (Wildman–Crippen LogP) is 4.50. The Hall–Kier alpha value is -1.21. The van der Waals surface area contributed by atoms with E-state index in [1.54, 1.807) is 29.3 Å². The van der Waals surface area contributed by atoms with Gasteiger partial charge in [-0.3, -0.25) is 9.69 Å². The average Bonchev–Trinajstić information content (AvgIpc) is 3.49. The number of rotatable bonds is 8. The van der Waals surface area contributed by atoms with E-state index in [4.69, 9.17) is 4.98 Å². The number of carbonyl (C=O) groups excluding carboxylic acids is 1. The summed E-state index contributed by atoms with van der Waals surface area (Å²) < 4.78 is 28.6. The van der Waals surface area contributed by atoms with E-state index in [9.17, 15) is 13.2 Å².